The molecule has 0 aromatic heterocycles. The molecule has 1 saturated carbocycles. The van der Waals surface area contributed by atoms with Gasteiger partial charge in [0.2, 0.25) is 0 Å². The largest absolute Gasteiger partial charge is 0.206 e. The molecule has 0 radical (unpaired) electrons. The summed E-state index contributed by atoms with van der Waals surface area (Å²) < 4.78 is 15.1. The van der Waals surface area contributed by atoms with Crippen molar-refractivity contribution in [3.8, 4) is 11.1 Å². The number of halogens is 2. The van der Waals surface area contributed by atoms with Crippen molar-refractivity contribution in [2.75, 3.05) is 0 Å². The summed E-state index contributed by atoms with van der Waals surface area (Å²) >= 11 is 5.96. The minimum atomic E-state index is -0.145. The molecule has 0 heterocycles. The van der Waals surface area contributed by atoms with Crippen LogP contribution in [0.5, 0.6) is 0 Å². The van der Waals surface area contributed by atoms with Crippen molar-refractivity contribution in [1.29, 1.82) is 0 Å². The highest BCUT2D eigenvalue weighted by molar-refractivity contribution is 6.30. The fraction of sp³-hybridized carbons (Fsp3) is 0.360. The molecule has 1 aliphatic rings. The van der Waals surface area contributed by atoms with Crippen LogP contribution in [-0.2, 0) is 0 Å². The van der Waals surface area contributed by atoms with Crippen LogP contribution in [0.4, 0.5) is 4.39 Å². The maximum absolute atomic E-state index is 15.1. The van der Waals surface area contributed by atoms with E-state index in [4.69, 9.17) is 11.6 Å². The molecule has 3 aromatic rings. The van der Waals surface area contributed by atoms with Crippen LogP contribution >= 0.6 is 11.6 Å². The summed E-state index contributed by atoms with van der Waals surface area (Å²) in [5, 5.41) is 2.36. The van der Waals surface area contributed by atoms with Crippen LogP contribution in [0.1, 0.15) is 56.9 Å². The first kappa shape index (κ1) is 18.5. The van der Waals surface area contributed by atoms with Gasteiger partial charge in [-0.25, -0.2) is 4.39 Å². The van der Waals surface area contributed by atoms with E-state index in [9.17, 15) is 0 Å². The van der Waals surface area contributed by atoms with Gasteiger partial charge in [0.1, 0.15) is 5.82 Å². The average molecular weight is 381 g/mol. The molecule has 0 N–H and O–H groups in total. The first-order chi connectivity index (χ1) is 13.2. The summed E-state index contributed by atoms with van der Waals surface area (Å²) in [6.07, 6.45) is 7.85. The van der Waals surface area contributed by atoms with Gasteiger partial charge >= 0.3 is 0 Å². The van der Waals surface area contributed by atoms with Crippen molar-refractivity contribution in [3.63, 3.8) is 0 Å². The molecule has 4 rings (SSSR count). The third-order valence-electron chi connectivity index (χ3n) is 6.15. The van der Waals surface area contributed by atoms with Gasteiger partial charge in [0.05, 0.1) is 0 Å². The smallest absolute Gasteiger partial charge is 0.138 e. The van der Waals surface area contributed by atoms with Crippen LogP contribution in [0.15, 0.2) is 54.6 Å². The van der Waals surface area contributed by atoms with E-state index >= 15 is 4.39 Å². The van der Waals surface area contributed by atoms with E-state index in [-0.39, 0.29) is 5.82 Å². The van der Waals surface area contributed by atoms with E-state index < -0.39 is 0 Å². The normalized spacial score (nSPS) is 20.1. The summed E-state index contributed by atoms with van der Waals surface area (Å²) in [7, 11) is 0. The Kier molecular flexibility index (Phi) is 5.50. The summed E-state index contributed by atoms with van der Waals surface area (Å²) in [5.41, 5.74) is 2.86. The van der Waals surface area contributed by atoms with Gasteiger partial charge in [-0.2, -0.15) is 0 Å². The van der Waals surface area contributed by atoms with Crippen molar-refractivity contribution in [2.24, 2.45) is 5.92 Å². The summed E-state index contributed by atoms with van der Waals surface area (Å²) in [5.74, 6) is 1.39. The highest BCUT2D eigenvalue weighted by Gasteiger charge is 2.22. The van der Waals surface area contributed by atoms with Gasteiger partial charge in [-0.1, -0.05) is 73.8 Å². The average Bonchev–Trinajstić information content (AvgIpc) is 2.70. The summed E-state index contributed by atoms with van der Waals surface area (Å²) in [4.78, 5) is 0. The van der Waals surface area contributed by atoms with Crippen molar-refractivity contribution >= 4 is 22.4 Å². The van der Waals surface area contributed by atoms with Crippen molar-refractivity contribution < 1.29 is 4.39 Å². The molecule has 0 spiro atoms. The predicted octanol–water partition coefficient (Wildman–Crippen LogP) is 8.37. The molecule has 1 aliphatic carbocycles. The number of hydrogen-bond donors (Lipinski definition) is 0. The maximum Gasteiger partial charge on any atom is 0.138 e. The van der Waals surface area contributed by atoms with E-state index in [1.54, 1.807) is 12.1 Å². The summed E-state index contributed by atoms with van der Waals surface area (Å²) in [6.45, 7) is 2.28. The second-order valence-electron chi connectivity index (χ2n) is 7.92. The zero-order valence-electron chi connectivity index (χ0n) is 15.8. The molecule has 0 atom stereocenters. The van der Waals surface area contributed by atoms with E-state index in [0.29, 0.717) is 21.9 Å². The van der Waals surface area contributed by atoms with E-state index in [0.717, 1.165) is 16.9 Å². The highest BCUT2D eigenvalue weighted by atomic mass is 35.5. The first-order valence-corrected chi connectivity index (χ1v) is 10.5. The van der Waals surface area contributed by atoms with E-state index in [2.05, 4.69) is 25.1 Å². The van der Waals surface area contributed by atoms with E-state index in [1.165, 1.54) is 44.1 Å². The Bertz CT molecular complexity index is 921. The van der Waals surface area contributed by atoms with Gasteiger partial charge in [-0.3, -0.25) is 0 Å². The fourth-order valence-electron chi connectivity index (χ4n) is 4.61. The Morgan fingerprint density at radius 3 is 2.37 bits per heavy atom. The third-order valence-corrected chi connectivity index (χ3v) is 6.40. The molecular weight excluding hydrogens is 355 g/mol. The number of hydrogen-bond acceptors (Lipinski definition) is 0. The molecule has 2 heteroatoms. The lowest BCUT2D eigenvalue weighted by atomic mass is 9.77. The zero-order chi connectivity index (χ0) is 18.8. The molecule has 27 heavy (non-hydrogen) atoms. The van der Waals surface area contributed by atoms with Crippen LogP contribution in [0, 0.1) is 11.7 Å². The zero-order valence-corrected chi connectivity index (χ0v) is 16.6. The van der Waals surface area contributed by atoms with E-state index in [1.807, 2.05) is 24.3 Å². The second kappa shape index (κ2) is 8.02. The van der Waals surface area contributed by atoms with Crippen LogP contribution in [0.3, 0.4) is 0 Å². The second-order valence-corrected chi connectivity index (χ2v) is 8.36. The number of fused-ring (bicyclic) bond motifs is 1. The molecular formula is C25H26ClF. The van der Waals surface area contributed by atoms with Gasteiger partial charge < -0.3 is 0 Å². The molecule has 0 amide bonds. The lowest BCUT2D eigenvalue weighted by molar-refractivity contribution is 0.308. The highest BCUT2D eigenvalue weighted by Crippen LogP contribution is 2.39. The van der Waals surface area contributed by atoms with Gasteiger partial charge in [-0.15, -0.1) is 0 Å². The van der Waals surface area contributed by atoms with Crippen molar-refractivity contribution in [1.82, 2.24) is 0 Å². The van der Waals surface area contributed by atoms with Crippen LogP contribution in [-0.4, -0.2) is 0 Å². The number of rotatable bonds is 4. The van der Waals surface area contributed by atoms with Crippen LogP contribution in [0.2, 0.25) is 5.02 Å². The van der Waals surface area contributed by atoms with Gasteiger partial charge in [0, 0.05) is 16.0 Å². The molecule has 0 saturated heterocycles. The third kappa shape index (κ3) is 3.89. The molecule has 140 valence electrons. The van der Waals surface area contributed by atoms with Gasteiger partial charge in [0.15, 0.2) is 0 Å². The minimum absolute atomic E-state index is 0.145. The number of benzene rings is 3. The molecule has 0 nitrogen and oxygen atoms in total. The fourth-order valence-corrected chi connectivity index (χ4v) is 4.74. The van der Waals surface area contributed by atoms with Crippen molar-refractivity contribution in [2.45, 2.75) is 51.4 Å². The van der Waals surface area contributed by atoms with Crippen LogP contribution in [0.25, 0.3) is 21.9 Å². The van der Waals surface area contributed by atoms with Gasteiger partial charge in [0.25, 0.3) is 0 Å². The Morgan fingerprint density at radius 2 is 1.67 bits per heavy atom. The minimum Gasteiger partial charge on any atom is -0.206 e. The molecule has 0 unspecified atom stereocenters. The topological polar surface area (TPSA) is 0 Å². The maximum atomic E-state index is 15.1. The SMILES string of the molecule is CCC[C@H]1CC[C@H](c2ccc3c(F)c(-c4ccc(Cl)cc4)ccc3c2)CC1. The predicted molar refractivity (Wildman–Crippen MR) is 114 cm³/mol. The summed E-state index contributed by atoms with van der Waals surface area (Å²) in [6, 6.07) is 17.6. The van der Waals surface area contributed by atoms with Gasteiger partial charge in [-0.05, 0) is 66.2 Å². The standard InChI is InChI=1S/C25H26ClF/c1-2-3-17-4-6-18(7-5-17)20-10-14-24-21(16-20)11-15-23(25(24)27)19-8-12-22(26)13-9-19/h8-18H,2-7H2,1H3/t17-,18-. The monoisotopic (exact) mass is 380 g/mol. The Labute approximate surface area is 166 Å². The van der Waals surface area contributed by atoms with Crippen molar-refractivity contribution in [3.05, 3.63) is 71.0 Å². The van der Waals surface area contributed by atoms with Crippen LogP contribution < -0.4 is 0 Å². The quantitative estimate of drug-likeness (QED) is 0.426. The molecule has 0 aliphatic heterocycles. The lowest BCUT2D eigenvalue weighted by Gasteiger charge is -2.28. The molecule has 0 bridgehead atoms. The lowest BCUT2D eigenvalue weighted by Crippen LogP contribution is -2.13. The Hall–Kier alpha value is -1.86. The first-order valence-electron chi connectivity index (χ1n) is 10.1. The Balaban J connectivity index is 1.61. The molecule has 1 fully saturated rings. The molecule has 3 aromatic carbocycles. The Morgan fingerprint density at radius 1 is 0.926 bits per heavy atom.